The van der Waals surface area contributed by atoms with E-state index in [1.807, 2.05) is 25.4 Å². The number of nitrogens with zero attached hydrogens (tertiary/aromatic N) is 4. The van der Waals surface area contributed by atoms with Gasteiger partial charge in [0.05, 0.1) is 0 Å². The molecule has 0 bridgehead atoms. The van der Waals surface area contributed by atoms with Crippen LogP contribution in [-0.4, -0.2) is 39.6 Å². The van der Waals surface area contributed by atoms with E-state index in [2.05, 4.69) is 38.6 Å². The largest absolute Gasteiger partial charge is 0.344 e. The number of aromatic nitrogens is 3. The molecule has 25 heavy (non-hydrogen) atoms. The summed E-state index contributed by atoms with van der Waals surface area (Å²) in [5.41, 5.74) is 5.42. The fourth-order valence-electron chi connectivity index (χ4n) is 3.77. The second-order valence-corrected chi connectivity index (χ2v) is 7.37. The molecular formula is C20H23ClN4. The third-order valence-corrected chi connectivity index (χ3v) is 5.42. The van der Waals surface area contributed by atoms with Gasteiger partial charge in [0, 0.05) is 60.1 Å². The number of fused-ring (bicyclic) bond motifs is 3. The van der Waals surface area contributed by atoms with E-state index in [4.69, 9.17) is 11.6 Å². The maximum absolute atomic E-state index is 6.29. The van der Waals surface area contributed by atoms with Crippen molar-refractivity contribution in [1.29, 1.82) is 0 Å². The van der Waals surface area contributed by atoms with Crippen molar-refractivity contribution in [3.63, 3.8) is 0 Å². The molecule has 4 rings (SSSR count). The van der Waals surface area contributed by atoms with E-state index < -0.39 is 0 Å². The summed E-state index contributed by atoms with van der Waals surface area (Å²) >= 11 is 6.29. The minimum Gasteiger partial charge on any atom is -0.344 e. The monoisotopic (exact) mass is 354 g/mol. The minimum atomic E-state index is 0.817. The van der Waals surface area contributed by atoms with Crippen molar-refractivity contribution < 1.29 is 0 Å². The molecule has 3 aromatic rings. The molecule has 0 radical (unpaired) electrons. The lowest BCUT2D eigenvalue weighted by molar-refractivity contribution is 0.351. The molecule has 0 unspecified atom stereocenters. The number of aryl methyl sites for hydroxylation is 3. The molecule has 0 amide bonds. The van der Waals surface area contributed by atoms with E-state index in [9.17, 15) is 0 Å². The Kier molecular flexibility index (Phi) is 4.48. The molecule has 4 nitrogen and oxygen atoms in total. The van der Waals surface area contributed by atoms with Gasteiger partial charge in [-0.2, -0.15) is 0 Å². The maximum atomic E-state index is 6.29. The molecule has 0 fully saturated rings. The van der Waals surface area contributed by atoms with Crippen LogP contribution in [-0.2, 0) is 25.8 Å². The topological polar surface area (TPSA) is 34.0 Å². The van der Waals surface area contributed by atoms with E-state index in [1.165, 1.54) is 27.7 Å². The molecule has 0 saturated heterocycles. The van der Waals surface area contributed by atoms with Gasteiger partial charge in [-0.05, 0) is 56.1 Å². The Hall–Kier alpha value is -1.91. The standard InChI is InChI=1S/C20H23ClN4/c1-14-22-12-15(13-23-14)5-10-25-19-4-3-16(21)11-18(19)17-6-8-24(2)9-7-20(17)25/h3-4,11-13H,5-10H2,1-2H3. The van der Waals surface area contributed by atoms with E-state index >= 15 is 0 Å². The average Bonchev–Trinajstić information content (AvgIpc) is 2.75. The first-order valence-electron chi connectivity index (χ1n) is 8.87. The van der Waals surface area contributed by atoms with Gasteiger partial charge in [-0.15, -0.1) is 0 Å². The van der Waals surface area contributed by atoms with Crippen LogP contribution in [0.4, 0.5) is 0 Å². The van der Waals surface area contributed by atoms with Gasteiger partial charge in [0.25, 0.3) is 0 Å². The molecule has 1 aliphatic rings. The third-order valence-electron chi connectivity index (χ3n) is 5.18. The molecule has 0 saturated carbocycles. The molecule has 1 aliphatic heterocycles. The first-order valence-corrected chi connectivity index (χ1v) is 9.25. The Morgan fingerprint density at radius 2 is 1.88 bits per heavy atom. The Bertz CT molecular complexity index is 898. The zero-order chi connectivity index (χ0) is 17.4. The van der Waals surface area contributed by atoms with Crippen LogP contribution >= 0.6 is 11.6 Å². The Labute approximate surface area is 153 Å². The number of rotatable bonds is 3. The lowest BCUT2D eigenvalue weighted by Crippen LogP contribution is -2.21. The van der Waals surface area contributed by atoms with Gasteiger partial charge in [-0.25, -0.2) is 9.97 Å². The van der Waals surface area contributed by atoms with E-state index in [0.29, 0.717) is 0 Å². The SMILES string of the molecule is Cc1ncc(CCn2c3c(c4cc(Cl)ccc42)CCN(C)CC3)cn1. The summed E-state index contributed by atoms with van der Waals surface area (Å²) in [5.74, 6) is 0.821. The van der Waals surface area contributed by atoms with Gasteiger partial charge in [-0.3, -0.25) is 0 Å². The maximum Gasteiger partial charge on any atom is 0.125 e. The van der Waals surface area contributed by atoms with Crippen molar-refractivity contribution in [3.05, 3.63) is 58.3 Å². The van der Waals surface area contributed by atoms with Gasteiger partial charge in [0.1, 0.15) is 5.82 Å². The Balaban J connectivity index is 1.73. The molecule has 0 atom stereocenters. The normalized spacial score (nSPS) is 15.3. The summed E-state index contributed by atoms with van der Waals surface area (Å²) in [6.45, 7) is 5.07. The van der Waals surface area contributed by atoms with Crippen molar-refractivity contribution in [1.82, 2.24) is 19.4 Å². The van der Waals surface area contributed by atoms with Crippen molar-refractivity contribution >= 4 is 22.5 Å². The summed E-state index contributed by atoms with van der Waals surface area (Å²) in [6.07, 6.45) is 7.00. The first-order chi connectivity index (χ1) is 12.1. The van der Waals surface area contributed by atoms with Gasteiger partial charge < -0.3 is 9.47 Å². The van der Waals surface area contributed by atoms with Crippen LogP contribution in [0.15, 0.2) is 30.6 Å². The molecular weight excluding hydrogens is 332 g/mol. The minimum absolute atomic E-state index is 0.817. The molecule has 130 valence electrons. The van der Waals surface area contributed by atoms with E-state index in [1.54, 1.807) is 0 Å². The van der Waals surface area contributed by atoms with Crippen molar-refractivity contribution in [2.75, 3.05) is 20.1 Å². The Morgan fingerprint density at radius 1 is 1.12 bits per heavy atom. The van der Waals surface area contributed by atoms with E-state index in [0.717, 1.165) is 49.7 Å². The van der Waals surface area contributed by atoms with Crippen molar-refractivity contribution in [2.24, 2.45) is 0 Å². The molecule has 0 spiro atoms. The van der Waals surface area contributed by atoms with Crippen LogP contribution in [0.1, 0.15) is 22.6 Å². The summed E-state index contributed by atoms with van der Waals surface area (Å²) < 4.78 is 2.49. The highest BCUT2D eigenvalue weighted by molar-refractivity contribution is 6.31. The average molecular weight is 355 g/mol. The number of benzene rings is 1. The summed E-state index contributed by atoms with van der Waals surface area (Å²) in [6, 6.07) is 6.30. The van der Waals surface area contributed by atoms with Crippen LogP contribution in [0.2, 0.25) is 5.02 Å². The lowest BCUT2D eigenvalue weighted by Gasteiger charge is -2.14. The number of likely N-dealkylation sites (N-methyl/N-ethyl adjacent to an activating group) is 1. The fourth-order valence-corrected chi connectivity index (χ4v) is 3.94. The quantitative estimate of drug-likeness (QED) is 0.719. The third kappa shape index (κ3) is 3.29. The zero-order valence-corrected chi connectivity index (χ0v) is 15.6. The van der Waals surface area contributed by atoms with Gasteiger partial charge in [-0.1, -0.05) is 11.6 Å². The molecule has 5 heteroatoms. The van der Waals surface area contributed by atoms with Crippen LogP contribution in [0, 0.1) is 6.92 Å². The lowest BCUT2D eigenvalue weighted by atomic mass is 10.1. The second kappa shape index (κ2) is 6.77. The highest BCUT2D eigenvalue weighted by atomic mass is 35.5. The van der Waals surface area contributed by atoms with E-state index in [-0.39, 0.29) is 0 Å². The van der Waals surface area contributed by atoms with Crippen molar-refractivity contribution in [3.8, 4) is 0 Å². The highest BCUT2D eigenvalue weighted by Crippen LogP contribution is 2.31. The predicted molar refractivity (Wildman–Crippen MR) is 102 cm³/mol. The van der Waals surface area contributed by atoms with Gasteiger partial charge >= 0.3 is 0 Å². The zero-order valence-electron chi connectivity index (χ0n) is 14.8. The highest BCUT2D eigenvalue weighted by Gasteiger charge is 2.20. The molecule has 1 aromatic carbocycles. The summed E-state index contributed by atoms with van der Waals surface area (Å²) in [4.78, 5) is 11.1. The van der Waals surface area contributed by atoms with Crippen LogP contribution < -0.4 is 0 Å². The van der Waals surface area contributed by atoms with Crippen LogP contribution in [0.3, 0.4) is 0 Å². The van der Waals surface area contributed by atoms with Gasteiger partial charge in [0.2, 0.25) is 0 Å². The first kappa shape index (κ1) is 16.6. The second-order valence-electron chi connectivity index (χ2n) is 6.93. The molecule has 0 aliphatic carbocycles. The summed E-state index contributed by atoms with van der Waals surface area (Å²) in [5, 5.41) is 2.13. The smallest absolute Gasteiger partial charge is 0.125 e. The predicted octanol–water partition coefficient (Wildman–Crippen LogP) is 3.67. The van der Waals surface area contributed by atoms with Crippen LogP contribution in [0.25, 0.3) is 10.9 Å². The fraction of sp³-hybridized carbons (Fsp3) is 0.400. The molecule has 0 N–H and O–H groups in total. The number of halogens is 1. The van der Waals surface area contributed by atoms with Gasteiger partial charge in [0.15, 0.2) is 0 Å². The number of hydrogen-bond acceptors (Lipinski definition) is 3. The van der Waals surface area contributed by atoms with Crippen LogP contribution in [0.5, 0.6) is 0 Å². The number of hydrogen-bond donors (Lipinski definition) is 0. The van der Waals surface area contributed by atoms with Crippen molar-refractivity contribution in [2.45, 2.75) is 32.7 Å². The molecule has 3 heterocycles. The summed E-state index contributed by atoms with van der Waals surface area (Å²) in [7, 11) is 2.20. The Morgan fingerprint density at radius 3 is 2.68 bits per heavy atom. The molecule has 2 aromatic heterocycles.